The molecular weight excluding hydrogens is 198 g/mol. The number of Topliss-reactive ketones (excluding diaryl/α,β-unsaturated/α-hetero) is 1. The summed E-state index contributed by atoms with van der Waals surface area (Å²) >= 11 is 0. The second-order valence-corrected chi connectivity index (χ2v) is 2.93. The Hall–Kier alpha value is -1.83. The fraction of sp³-hybridized carbons (Fsp3) is 0.500. The van der Waals surface area contributed by atoms with Crippen LogP contribution in [-0.2, 0) is 14.4 Å². The Morgan fingerprint density at radius 3 is 2.40 bits per heavy atom. The molecule has 5 nitrogen and oxygen atoms in total. The number of carboxylic acids is 1. The Balaban J connectivity index is 4.17. The number of carboxylic acid groups (broad SMARTS) is 1. The molecular formula is C10H13NO4. The van der Waals surface area contributed by atoms with Crippen molar-refractivity contribution in [1.82, 2.24) is 5.32 Å². The van der Waals surface area contributed by atoms with E-state index < -0.39 is 17.9 Å². The zero-order valence-corrected chi connectivity index (χ0v) is 8.66. The lowest BCUT2D eigenvalue weighted by atomic mass is 10.1. The molecule has 0 radical (unpaired) electrons. The van der Waals surface area contributed by atoms with Crippen LogP contribution in [0, 0.1) is 11.8 Å². The van der Waals surface area contributed by atoms with E-state index in [1.54, 1.807) is 0 Å². The first-order valence-corrected chi connectivity index (χ1v) is 4.43. The topological polar surface area (TPSA) is 83.5 Å². The van der Waals surface area contributed by atoms with Gasteiger partial charge in [0.2, 0.25) is 11.7 Å². The van der Waals surface area contributed by atoms with Crippen LogP contribution >= 0.6 is 0 Å². The monoisotopic (exact) mass is 211 g/mol. The largest absolute Gasteiger partial charge is 0.480 e. The normalized spacial score (nSPS) is 10.8. The Morgan fingerprint density at radius 2 is 2.00 bits per heavy atom. The van der Waals surface area contributed by atoms with Crippen molar-refractivity contribution in [3.05, 3.63) is 0 Å². The maximum Gasteiger partial charge on any atom is 0.326 e. The molecule has 0 heterocycles. The van der Waals surface area contributed by atoms with Crippen LogP contribution in [0.2, 0.25) is 0 Å². The summed E-state index contributed by atoms with van der Waals surface area (Å²) in [4.78, 5) is 32.3. The summed E-state index contributed by atoms with van der Waals surface area (Å²) in [6.07, 6.45) is 0.0838. The fourth-order valence-electron chi connectivity index (χ4n) is 0.980. The molecule has 0 saturated carbocycles. The molecule has 0 fully saturated rings. The molecule has 1 atom stereocenters. The molecule has 2 N–H and O–H groups in total. The predicted molar refractivity (Wildman–Crippen MR) is 52.9 cm³/mol. The van der Waals surface area contributed by atoms with Crippen molar-refractivity contribution in [3.8, 4) is 11.8 Å². The quantitative estimate of drug-likeness (QED) is 0.493. The van der Waals surface area contributed by atoms with E-state index in [9.17, 15) is 14.4 Å². The number of hydrogen-bond donors (Lipinski definition) is 2. The molecule has 1 unspecified atom stereocenters. The van der Waals surface area contributed by atoms with Crippen LogP contribution in [0.3, 0.4) is 0 Å². The minimum atomic E-state index is -1.15. The molecule has 1 amide bonds. The van der Waals surface area contributed by atoms with Gasteiger partial charge in [-0.3, -0.25) is 9.59 Å². The molecule has 0 aromatic heterocycles. The van der Waals surface area contributed by atoms with Gasteiger partial charge in [0.05, 0.1) is 0 Å². The van der Waals surface area contributed by atoms with E-state index >= 15 is 0 Å². The number of nitrogens with one attached hydrogen (secondary N) is 1. The lowest BCUT2D eigenvalue weighted by Gasteiger charge is -2.11. The minimum absolute atomic E-state index is 0.0259. The third-order valence-corrected chi connectivity index (χ3v) is 1.60. The summed E-state index contributed by atoms with van der Waals surface area (Å²) in [6.45, 7) is 2.75. The zero-order chi connectivity index (χ0) is 11.8. The van der Waals surface area contributed by atoms with Gasteiger partial charge in [-0.1, -0.05) is 5.92 Å². The maximum atomic E-state index is 11.0. The van der Waals surface area contributed by atoms with Crippen LogP contribution < -0.4 is 5.32 Å². The molecule has 5 heteroatoms. The lowest BCUT2D eigenvalue weighted by molar-refractivity contribution is -0.141. The molecule has 0 aliphatic heterocycles. The third-order valence-electron chi connectivity index (χ3n) is 1.60. The van der Waals surface area contributed by atoms with Crippen molar-refractivity contribution in [1.29, 1.82) is 0 Å². The number of amides is 1. The van der Waals surface area contributed by atoms with Crippen LogP contribution in [0.1, 0.15) is 26.7 Å². The average molecular weight is 211 g/mol. The van der Waals surface area contributed by atoms with Crippen LogP contribution in [0.25, 0.3) is 0 Å². The van der Waals surface area contributed by atoms with Gasteiger partial charge in [-0.2, -0.15) is 0 Å². The van der Waals surface area contributed by atoms with Crippen molar-refractivity contribution in [2.24, 2.45) is 0 Å². The predicted octanol–water partition coefficient (Wildman–Crippen LogP) is -0.0517. The van der Waals surface area contributed by atoms with Crippen molar-refractivity contribution < 1.29 is 19.5 Å². The summed E-state index contributed by atoms with van der Waals surface area (Å²) in [6, 6.07) is -1.02. The molecule has 0 spiro atoms. The second-order valence-electron chi connectivity index (χ2n) is 2.93. The Kier molecular flexibility index (Phi) is 5.79. The van der Waals surface area contributed by atoms with Gasteiger partial charge in [0.15, 0.2) is 0 Å². The fourth-order valence-corrected chi connectivity index (χ4v) is 0.980. The van der Waals surface area contributed by atoms with Gasteiger partial charge >= 0.3 is 5.97 Å². The number of aliphatic carboxylic acids is 1. The minimum Gasteiger partial charge on any atom is -0.480 e. The van der Waals surface area contributed by atoms with Crippen LogP contribution in [0.15, 0.2) is 0 Å². The summed E-state index contributed by atoms with van der Waals surface area (Å²) in [5, 5.41) is 10.9. The summed E-state index contributed by atoms with van der Waals surface area (Å²) < 4.78 is 0. The average Bonchev–Trinajstić information content (AvgIpc) is 2.11. The van der Waals surface area contributed by atoms with E-state index in [0.717, 1.165) is 0 Å². The van der Waals surface area contributed by atoms with Crippen LogP contribution in [0.5, 0.6) is 0 Å². The van der Waals surface area contributed by atoms with Gasteiger partial charge in [-0.05, 0) is 19.3 Å². The van der Waals surface area contributed by atoms with Crippen molar-refractivity contribution in [2.75, 3.05) is 0 Å². The van der Waals surface area contributed by atoms with Crippen LogP contribution in [-0.4, -0.2) is 28.8 Å². The molecule has 15 heavy (non-hydrogen) atoms. The SMILES string of the molecule is CC#CC(=O)CCC(NC(C)=O)C(=O)O. The lowest BCUT2D eigenvalue weighted by Crippen LogP contribution is -2.39. The summed E-state index contributed by atoms with van der Waals surface area (Å²) in [5.74, 6) is 2.82. The summed E-state index contributed by atoms with van der Waals surface area (Å²) in [5.41, 5.74) is 0. The van der Waals surface area contributed by atoms with E-state index in [1.165, 1.54) is 13.8 Å². The van der Waals surface area contributed by atoms with Crippen molar-refractivity contribution in [3.63, 3.8) is 0 Å². The van der Waals surface area contributed by atoms with Crippen LogP contribution in [0.4, 0.5) is 0 Å². The molecule has 0 aromatic carbocycles. The number of hydrogen-bond acceptors (Lipinski definition) is 3. The highest BCUT2D eigenvalue weighted by Crippen LogP contribution is 1.98. The van der Waals surface area contributed by atoms with Gasteiger partial charge < -0.3 is 10.4 Å². The molecule has 0 rings (SSSR count). The molecule has 0 aliphatic carbocycles. The van der Waals surface area contributed by atoms with Gasteiger partial charge in [-0.25, -0.2) is 4.79 Å². The van der Waals surface area contributed by atoms with Gasteiger partial charge in [0.1, 0.15) is 6.04 Å². The van der Waals surface area contributed by atoms with Gasteiger partial charge in [0.25, 0.3) is 0 Å². The van der Waals surface area contributed by atoms with Gasteiger partial charge in [0, 0.05) is 13.3 Å². The molecule has 0 saturated heterocycles. The Bertz CT molecular complexity index is 324. The number of ketones is 1. The maximum absolute atomic E-state index is 11.0. The highest BCUT2D eigenvalue weighted by atomic mass is 16.4. The molecule has 0 bridgehead atoms. The smallest absolute Gasteiger partial charge is 0.326 e. The third kappa shape index (κ3) is 6.27. The van der Waals surface area contributed by atoms with E-state index in [0.29, 0.717) is 0 Å². The number of carbonyl (C=O) groups is 3. The Labute approximate surface area is 87.9 Å². The van der Waals surface area contributed by atoms with Crippen molar-refractivity contribution in [2.45, 2.75) is 32.7 Å². The van der Waals surface area contributed by atoms with E-state index in [2.05, 4.69) is 17.2 Å². The summed E-state index contributed by atoms with van der Waals surface area (Å²) in [7, 11) is 0. The first-order chi connectivity index (χ1) is 6.97. The molecule has 0 aromatic rings. The number of rotatable bonds is 5. The number of carbonyl (C=O) groups excluding carboxylic acids is 2. The van der Waals surface area contributed by atoms with E-state index in [4.69, 9.17) is 5.11 Å². The first kappa shape index (κ1) is 13.2. The van der Waals surface area contributed by atoms with Crippen molar-refractivity contribution >= 4 is 17.7 Å². The Morgan fingerprint density at radius 1 is 1.40 bits per heavy atom. The molecule has 0 aliphatic rings. The second kappa shape index (κ2) is 6.60. The van der Waals surface area contributed by atoms with Gasteiger partial charge in [-0.15, -0.1) is 0 Å². The molecule has 82 valence electrons. The highest BCUT2D eigenvalue weighted by Gasteiger charge is 2.18. The zero-order valence-electron chi connectivity index (χ0n) is 8.66. The first-order valence-electron chi connectivity index (χ1n) is 4.43. The highest BCUT2D eigenvalue weighted by molar-refractivity contribution is 5.95. The van der Waals surface area contributed by atoms with E-state index in [1.807, 2.05) is 0 Å². The van der Waals surface area contributed by atoms with E-state index in [-0.39, 0.29) is 18.6 Å². The standard InChI is InChI=1S/C10H13NO4/c1-3-4-8(13)5-6-9(10(14)15)11-7(2)12/h9H,5-6H2,1-2H3,(H,11,12)(H,14,15).